The first-order valence-electron chi connectivity index (χ1n) is 11.1. The van der Waals surface area contributed by atoms with Gasteiger partial charge in [0.1, 0.15) is 12.0 Å². The van der Waals surface area contributed by atoms with E-state index in [9.17, 15) is 18.0 Å². The van der Waals surface area contributed by atoms with E-state index in [0.717, 1.165) is 48.3 Å². The minimum atomic E-state index is -1.49. The minimum Gasteiger partial charge on any atom is -0.325 e. The highest BCUT2D eigenvalue weighted by molar-refractivity contribution is 5.93. The first-order valence-corrected chi connectivity index (χ1v) is 11.1. The number of carbonyl (C=O) groups excluding carboxylic acids is 1. The number of benzene rings is 1. The molecule has 0 aliphatic carbocycles. The topological polar surface area (TPSA) is 63.9 Å². The average Bonchev–Trinajstić information content (AvgIpc) is 3.12. The summed E-state index contributed by atoms with van der Waals surface area (Å²) in [7, 11) is 1.70. The smallest absolute Gasteiger partial charge is 0.273 e. The van der Waals surface area contributed by atoms with Gasteiger partial charge < -0.3 is 4.90 Å². The number of fused-ring (bicyclic) bond motifs is 4. The van der Waals surface area contributed by atoms with Gasteiger partial charge in [0, 0.05) is 29.9 Å². The molecule has 6 nitrogen and oxygen atoms in total. The monoisotopic (exact) mass is 455 g/mol. The van der Waals surface area contributed by atoms with E-state index in [1.54, 1.807) is 17.8 Å². The van der Waals surface area contributed by atoms with Gasteiger partial charge in [0.2, 0.25) is 0 Å². The molecule has 0 radical (unpaired) electrons. The van der Waals surface area contributed by atoms with Crippen LogP contribution in [0.3, 0.4) is 0 Å². The summed E-state index contributed by atoms with van der Waals surface area (Å²) in [5, 5.41) is 4.65. The van der Waals surface area contributed by atoms with Crippen LogP contribution in [-0.2, 0) is 13.5 Å². The van der Waals surface area contributed by atoms with Crippen LogP contribution >= 0.6 is 0 Å². The number of hydrogen-bond acceptors (Lipinski definition) is 4. The number of nitrogens with zero attached hydrogens (tertiary/aromatic N) is 5. The Hall–Kier alpha value is -3.23. The summed E-state index contributed by atoms with van der Waals surface area (Å²) in [6, 6.07) is 3.40. The van der Waals surface area contributed by atoms with E-state index in [1.165, 1.54) is 6.33 Å². The van der Waals surface area contributed by atoms with Crippen LogP contribution in [0.1, 0.15) is 72.5 Å². The molecule has 2 aliphatic heterocycles. The van der Waals surface area contributed by atoms with Gasteiger partial charge in [0.15, 0.2) is 17.5 Å². The van der Waals surface area contributed by atoms with Crippen molar-refractivity contribution in [1.82, 2.24) is 24.6 Å². The Morgan fingerprint density at radius 2 is 1.82 bits per heavy atom. The molecule has 0 unspecified atom stereocenters. The number of aryl methyl sites for hydroxylation is 1. The lowest BCUT2D eigenvalue weighted by Crippen LogP contribution is -2.50. The van der Waals surface area contributed by atoms with Crippen LogP contribution in [0, 0.1) is 17.5 Å². The highest BCUT2D eigenvalue weighted by Crippen LogP contribution is 2.45. The molecular weight excluding hydrogens is 431 g/mol. The van der Waals surface area contributed by atoms with Gasteiger partial charge in [-0.1, -0.05) is 13.8 Å². The van der Waals surface area contributed by atoms with Gasteiger partial charge in [-0.2, -0.15) is 5.10 Å². The Morgan fingerprint density at radius 1 is 1.09 bits per heavy atom. The summed E-state index contributed by atoms with van der Waals surface area (Å²) in [4.78, 5) is 23.9. The van der Waals surface area contributed by atoms with E-state index in [0.29, 0.717) is 17.8 Å². The molecule has 1 fully saturated rings. The van der Waals surface area contributed by atoms with Gasteiger partial charge >= 0.3 is 0 Å². The second-order valence-corrected chi connectivity index (χ2v) is 9.09. The number of rotatable bonds is 3. The van der Waals surface area contributed by atoms with Gasteiger partial charge in [-0.3, -0.25) is 9.48 Å². The molecule has 9 heteroatoms. The van der Waals surface area contributed by atoms with Crippen LogP contribution in [0.25, 0.3) is 11.3 Å². The average molecular weight is 455 g/mol. The molecule has 2 bridgehead atoms. The first-order chi connectivity index (χ1) is 15.8. The van der Waals surface area contributed by atoms with Crippen molar-refractivity contribution in [2.75, 3.05) is 0 Å². The second-order valence-electron chi connectivity index (χ2n) is 9.09. The maximum atomic E-state index is 14.0. The molecule has 4 heterocycles. The molecule has 1 saturated heterocycles. The predicted octanol–water partition coefficient (Wildman–Crippen LogP) is 4.71. The third-order valence-electron chi connectivity index (χ3n) is 6.67. The lowest BCUT2D eigenvalue weighted by Gasteiger charge is -2.45. The van der Waals surface area contributed by atoms with Crippen LogP contribution in [0.4, 0.5) is 13.2 Å². The Kier molecular flexibility index (Phi) is 5.22. The maximum Gasteiger partial charge on any atom is 0.273 e. The molecule has 0 N–H and O–H groups in total. The van der Waals surface area contributed by atoms with Crippen LogP contribution < -0.4 is 0 Å². The lowest BCUT2D eigenvalue weighted by molar-refractivity contribution is 0.0385. The van der Waals surface area contributed by atoms with Crippen molar-refractivity contribution in [3.8, 4) is 11.3 Å². The van der Waals surface area contributed by atoms with Gasteiger partial charge in [0.25, 0.3) is 5.91 Å². The molecule has 1 aromatic carbocycles. The van der Waals surface area contributed by atoms with Crippen molar-refractivity contribution in [3.05, 3.63) is 64.6 Å². The summed E-state index contributed by atoms with van der Waals surface area (Å²) in [5.74, 6) is -3.96. The fourth-order valence-corrected chi connectivity index (χ4v) is 5.14. The molecule has 0 spiro atoms. The molecule has 5 rings (SSSR count). The summed E-state index contributed by atoms with van der Waals surface area (Å²) in [5.41, 5.74) is 3.52. The van der Waals surface area contributed by atoms with E-state index in [4.69, 9.17) is 0 Å². The molecule has 3 aromatic rings. The van der Waals surface area contributed by atoms with Crippen molar-refractivity contribution in [3.63, 3.8) is 0 Å². The zero-order valence-corrected chi connectivity index (χ0v) is 18.6. The molecule has 33 heavy (non-hydrogen) atoms. The van der Waals surface area contributed by atoms with Gasteiger partial charge in [0.05, 0.1) is 17.4 Å². The minimum absolute atomic E-state index is 0.0840. The highest BCUT2D eigenvalue weighted by atomic mass is 19.2. The van der Waals surface area contributed by atoms with E-state index in [1.807, 2.05) is 18.7 Å². The van der Waals surface area contributed by atoms with Crippen molar-refractivity contribution in [1.29, 1.82) is 0 Å². The van der Waals surface area contributed by atoms with Crippen molar-refractivity contribution >= 4 is 5.91 Å². The zero-order valence-electron chi connectivity index (χ0n) is 18.6. The van der Waals surface area contributed by atoms with Crippen LogP contribution in [0.2, 0.25) is 0 Å². The van der Waals surface area contributed by atoms with Gasteiger partial charge in [-0.25, -0.2) is 23.1 Å². The number of amides is 1. The van der Waals surface area contributed by atoms with E-state index in [2.05, 4.69) is 15.1 Å². The summed E-state index contributed by atoms with van der Waals surface area (Å²) < 4.78 is 43.0. The number of hydrogen-bond donors (Lipinski definition) is 0. The Morgan fingerprint density at radius 3 is 2.52 bits per heavy atom. The number of halogens is 3. The van der Waals surface area contributed by atoms with Crippen molar-refractivity contribution in [2.24, 2.45) is 7.05 Å². The Labute approximate surface area is 189 Å². The molecular formula is C24H24F3N5O. The normalized spacial score (nSPS) is 19.7. The van der Waals surface area contributed by atoms with Gasteiger partial charge in [-0.15, -0.1) is 0 Å². The van der Waals surface area contributed by atoms with Crippen LogP contribution in [-0.4, -0.2) is 36.6 Å². The van der Waals surface area contributed by atoms with Crippen molar-refractivity contribution < 1.29 is 18.0 Å². The first kappa shape index (κ1) is 21.6. The lowest BCUT2D eigenvalue weighted by atomic mass is 9.81. The number of aromatic nitrogens is 4. The predicted molar refractivity (Wildman–Crippen MR) is 115 cm³/mol. The third kappa shape index (κ3) is 3.50. The summed E-state index contributed by atoms with van der Waals surface area (Å²) in [6.45, 7) is 4.02. The fraction of sp³-hybridized carbons (Fsp3) is 0.417. The van der Waals surface area contributed by atoms with Crippen molar-refractivity contribution in [2.45, 2.75) is 57.5 Å². The Balaban J connectivity index is 1.57. The Bertz CT molecular complexity index is 1230. The molecule has 1 amide bonds. The second kappa shape index (κ2) is 7.97. The largest absolute Gasteiger partial charge is 0.325 e. The van der Waals surface area contributed by atoms with E-state index in [-0.39, 0.29) is 29.5 Å². The number of piperidine rings is 1. The quantitative estimate of drug-likeness (QED) is 0.537. The molecule has 172 valence electrons. The highest BCUT2D eigenvalue weighted by Gasteiger charge is 2.44. The van der Waals surface area contributed by atoms with Gasteiger partial charge in [-0.05, 0) is 49.8 Å². The number of carbonyl (C=O) groups is 1. The maximum absolute atomic E-state index is 14.0. The molecule has 0 saturated carbocycles. The standard InChI is InChI=1S/C24H24F3N5O/c1-12(2)18-10-19(29-11-28-18)24(33)32-14-5-4-6-20(32)22-15(9-14)23(31(3)30-22)13-7-16(25)21(27)17(26)8-13/h7-8,10-12,14,20H,4-6,9H2,1-3H3/t14-,20+/m1/s1. The molecule has 2 atom stereocenters. The van der Waals surface area contributed by atoms with Crippen LogP contribution in [0.15, 0.2) is 24.5 Å². The molecule has 2 aromatic heterocycles. The van der Waals surface area contributed by atoms with Crippen LogP contribution in [0.5, 0.6) is 0 Å². The summed E-state index contributed by atoms with van der Waals surface area (Å²) in [6.07, 6.45) is 4.42. The third-order valence-corrected chi connectivity index (χ3v) is 6.67. The summed E-state index contributed by atoms with van der Waals surface area (Å²) >= 11 is 0. The van der Waals surface area contributed by atoms with E-state index >= 15 is 0 Å². The fourth-order valence-electron chi connectivity index (χ4n) is 5.14. The van der Waals surface area contributed by atoms with E-state index < -0.39 is 17.5 Å². The SMILES string of the molecule is CC(C)c1cc(C(=O)N2[C@@H]3CCC[C@H]2c2nn(C)c(-c4cc(F)c(F)c(F)c4)c2C3)ncn1. The zero-order chi connectivity index (χ0) is 23.4. The molecule has 2 aliphatic rings.